The number of likely N-dealkylation sites (tertiary alicyclic amines) is 1. The van der Waals surface area contributed by atoms with E-state index in [4.69, 9.17) is 0 Å². The van der Waals surface area contributed by atoms with Gasteiger partial charge in [0.05, 0.1) is 6.10 Å². The Morgan fingerprint density at radius 2 is 1.93 bits per heavy atom. The quantitative estimate of drug-likeness (QED) is 0.802. The van der Waals surface area contributed by atoms with Crippen molar-refractivity contribution in [1.29, 1.82) is 0 Å². The third-order valence-electron chi connectivity index (χ3n) is 2.91. The summed E-state index contributed by atoms with van der Waals surface area (Å²) in [4.78, 5) is 2.19. The predicted molar refractivity (Wildman–Crippen MR) is 56.9 cm³/mol. The highest BCUT2D eigenvalue weighted by Gasteiger charge is 2.17. The second-order valence-corrected chi connectivity index (χ2v) is 4.10. The summed E-state index contributed by atoms with van der Waals surface area (Å²) in [5.74, 6) is -0.136. The maximum absolute atomic E-state index is 13.3. The summed E-state index contributed by atoms with van der Waals surface area (Å²) in [5.41, 5.74) is 0.744. The zero-order valence-corrected chi connectivity index (χ0v) is 8.69. The second-order valence-electron chi connectivity index (χ2n) is 4.10. The molecule has 2 nitrogen and oxygen atoms in total. The van der Waals surface area contributed by atoms with Crippen molar-refractivity contribution >= 4 is 0 Å². The molecule has 0 aromatic heterocycles. The van der Waals surface area contributed by atoms with Crippen LogP contribution in [0.5, 0.6) is 0 Å². The van der Waals surface area contributed by atoms with Crippen LogP contribution in [0.2, 0.25) is 0 Å². The molecule has 1 aliphatic rings. The maximum atomic E-state index is 13.3. The molecule has 1 aromatic rings. The lowest BCUT2D eigenvalue weighted by molar-refractivity contribution is 0.0787. The summed E-state index contributed by atoms with van der Waals surface area (Å²) in [6.45, 7) is 2.37. The molecule has 0 aliphatic carbocycles. The number of hydrogen-bond acceptors (Lipinski definition) is 2. The largest absolute Gasteiger partial charge is 0.393 e. The summed E-state index contributed by atoms with van der Waals surface area (Å²) in [6.07, 6.45) is 1.44. The van der Waals surface area contributed by atoms with Gasteiger partial charge in [-0.05, 0) is 18.9 Å². The van der Waals surface area contributed by atoms with E-state index in [1.165, 1.54) is 6.07 Å². The van der Waals surface area contributed by atoms with Gasteiger partial charge in [-0.2, -0.15) is 0 Å². The highest BCUT2D eigenvalue weighted by Crippen LogP contribution is 2.15. The lowest BCUT2D eigenvalue weighted by Gasteiger charge is -2.29. The van der Waals surface area contributed by atoms with E-state index in [1.807, 2.05) is 12.1 Å². The minimum absolute atomic E-state index is 0.136. The molecule has 2 rings (SSSR count). The Morgan fingerprint density at radius 3 is 2.60 bits per heavy atom. The highest BCUT2D eigenvalue weighted by atomic mass is 19.1. The highest BCUT2D eigenvalue weighted by molar-refractivity contribution is 5.17. The SMILES string of the molecule is OC1CCN(Cc2ccccc2F)CC1. The normalized spacial score (nSPS) is 19.3. The minimum atomic E-state index is -0.165. The van der Waals surface area contributed by atoms with Gasteiger partial charge in [-0.25, -0.2) is 4.39 Å². The zero-order chi connectivity index (χ0) is 10.7. The molecule has 0 unspecified atom stereocenters. The monoisotopic (exact) mass is 209 g/mol. The van der Waals surface area contributed by atoms with E-state index in [0.717, 1.165) is 31.5 Å². The topological polar surface area (TPSA) is 23.5 Å². The number of hydrogen-bond donors (Lipinski definition) is 1. The molecule has 1 aliphatic heterocycles. The predicted octanol–water partition coefficient (Wildman–Crippen LogP) is 1.78. The van der Waals surface area contributed by atoms with Gasteiger partial charge in [0, 0.05) is 25.2 Å². The van der Waals surface area contributed by atoms with Crippen molar-refractivity contribution in [2.45, 2.75) is 25.5 Å². The maximum Gasteiger partial charge on any atom is 0.127 e. The first-order valence-electron chi connectivity index (χ1n) is 5.39. The molecule has 1 saturated heterocycles. The third-order valence-corrected chi connectivity index (χ3v) is 2.91. The Bertz CT molecular complexity index is 321. The Kier molecular flexibility index (Phi) is 3.34. The molecule has 0 amide bonds. The fourth-order valence-electron chi connectivity index (χ4n) is 1.94. The number of halogens is 1. The van der Waals surface area contributed by atoms with Gasteiger partial charge in [0.2, 0.25) is 0 Å². The average molecular weight is 209 g/mol. The first-order valence-corrected chi connectivity index (χ1v) is 5.39. The van der Waals surface area contributed by atoms with Crippen molar-refractivity contribution in [2.75, 3.05) is 13.1 Å². The first kappa shape index (κ1) is 10.6. The molecule has 82 valence electrons. The van der Waals surface area contributed by atoms with E-state index >= 15 is 0 Å². The van der Waals surface area contributed by atoms with Crippen LogP contribution in [0.4, 0.5) is 4.39 Å². The zero-order valence-electron chi connectivity index (χ0n) is 8.69. The van der Waals surface area contributed by atoms with E-state index in [9.17, 15) is 9.50 Å². The van der Waals surface area contributed by atoms with Crippen LogP contribution in [0.3, 0.4) is 0 Å². The summed E-state index contributed by atoms with van der Waals surface area (Å²) in [7, 11) is 0. The number of aliphatic hydroxyl groups excluding tert-OH is 1. The molecular weight excluding hydrogens is 193 g/mol. The lowest BCUT2D eigenvalue weighted by atomic mass is 10.1. The fourth-order valence-corrected chi connectivity index (χ4v) is 1.94. The van der Waals surface area contributed by atoms with Gasteiger partial charge in [-0.15, -0.1) is 0 Å². The van der Waals surface area contributed by atoms with Crippen molar-refractivity contribution < 1.29 is 9.50 Å². The van der Waals surface area contributed by atoms with Crippen molar-refractivity contribution in [2.24, 2.45) is 0 Å². The van der Waals surface area contributed by atoms with Gasteiger partial charge >= 0.3 is 0 Å². The van der Waals surface area contributed by atoms with Gasteiger partial charge < -0.3 is 5.11 Å². The lowest BCUT2D eigenvalue weighted by Crippen LogP contribution is -2.35. The summed E-state index contributed by atoms with van der Waals surface area (Å²) < 4.78 is 13.3. The summed E-state index contributed by atoms with van der Waals surface area (Å²) in [5, 5.41) is 9.35. The van der Waals surface area contributed by atoms with Gasteiger partial charge in [-0.3, -0.25) is 4.90 Å². The van der Waals surface area contributed by atoms with Crippen LogP contribution in [0.1, 0.15) is 18.4 Å². The summed E-state index contributed by atoms with van der Waals surface area (Å²) >= 11 is 0. The second kappa shape index (κ2) is 4.73. The molecule has 0 saturated carbocycles. The van der Waals surface area contributed by atoms with Gasteiger partial charge in [0.15, 0.2) is 0 Å². The van der Waals surface area contributed by atoms with Crippen LogP contribution < -0.4 is 0 Å². The smallest absolute Gasteiger partial charge is 0.127 e. The van der Waals surface area contributed by atoms with Crippen molar-refractivity contribution in [1.82, 2.24) is 4.90 Å². The number of piperidine rings is 1. The number of aliphatic hydroxyl groups is 1. The standard InChI is InChI=1S/C12H16FNO/c13-12-4-2-1-3-10(12)9-14-7-5-11(15)6-8-14/h1-4,11,15H,5-9H2. The van der Waals surface area contributed by atoms with Crippen molar-refractivity contribution in [3.05, 3.63) is 35.6 Å². The number of benzene rings is 1. The van der Waals surface area contributed by atoms with E-state index < -0.39 is 0 Å². The van der Waals surface area contributed by atoms with E-state index in [2.05, 4.69) is 4.90 Å². The molecule has 1 fully saturated rings. The molecule has 1 heterocycles. The van der Waals surface area contributed by atoms with Crippen LogP contribution in [-0.2, 0) is 6.54 Å². The Labute approximate surface area is 89.3 Å². The Balaban J connectivity index is 1.95. The molecule has 15 heavy (non-hydrogen) atoms. The summed E-state index contributed by atoms with van der Waals surface area (Å²) in [6, 6.07) is 6.88. The van der Waals surface area contributed by atoms with Crippen LogP contribution in [-0.4, -0.2) is 29.2 Å². The van der Waals surface area contributed by atoms with Gasteiger partial charge in [-0.1, -0.05) is 18.2 Å². The van der Waals surface area contributed by atoms with Crippen molar-refractivity contribution in [3.63, 3.8) is 0 Å². The average Bonchev–Trinajstić information content (AvgIpc) is 2.25. The number of nitrogens with zero attached hydrogens (tertiary/aromatic N) is 1. The molecular formula is C12H16FNO. The molecule has 0 atom stereocenters. The van der Waals surface area contributed by atoms with E-state index in [-0.39, 0.29) is 11.9 Å². The van der Waals surface area contributed by atoms with Crippen LogP contribution in [0.15, 0.2) is 24.3 Å². The number of rotatable bonds is 2. The Hall–Kier alpha value is -0.930. The fraction of sp³-hybridized carbons (Fsp3) is 0.500. The minimum Gasteiger partial charge on any atom is -0.393 e. The molecule has 1 N–H and O–H groups in total. The van der Waals surface area contributed by atoms with Gasteiger partial charge in [0.25, 0.3) is 0 Å². The molecule has 3 heteroatoms. The molecule has 1 aromatic carbocycles. The van der Waals surface area contributed by atoms with E-state index in [1.54, 1.807) is 6.07 Å². The van der Waals surface area contributed by atoms with Crippen LogP contribution in [0.25, 0.3) is 0 Å². The third kappa shape index (κ3) is 2.76. The Morgan fingerprint density at radius 1 is 1.27 bits per heavy atom. The first-order chi connectivity index (χ1) is 7.25. The molecule has 0 radical (unpaired) electrons. The van der Waals surface area contributed by atoms with Crippen LogP contribution >= 0.6 is 0 Å². The molecule has 0 bridgehead atoms. The van der Waals surface area contributed by atoms with Gasteiger partial charge in [0.1, 0.15) is 5.82 Å². The van der Waals surface area contributed by atoms with E-state index in [0.29, 0.717) is 6.54 Å². The molecule has 0 spiro atoms. The van der Waals surface area contributed by atoms with Crippen LogP contribution in [0, 0.1) is 5.82 Å². The van der Waals surface area contributed by atoms with Crippen molar-refractivity contribution in [3.8, 4) is 0 Å².